The van der Waals surface area contributed by atoms with Crippen molar-refractivity contribution in [3.8, 4) is 5.75 Å². The molecular formula is C18H18FNO2. The highest BCUT2D eigenvalue weighted by Crippen LogP contribution is 2.33. The number of amides is 1. The summed E-state index contributed by atoms with van der Waals surface area (Å²) in [6.45, 7) is 0.700. The molecule has 3 rings (SSSR count). The molecule has 4 heteroatoms. The third-order valence-electron chi connectivity index (χ3n) is 4.09. The van der Waals surface area contributed by atoms with Crippen molar-refractivity contribution >= 4 is 5.91 Å². The van der Waals surface area contributed by atoms with Gasteiger partial charge in [0.1, 0.15) is 11.6 Å². The number of likely N-dealkylation sites (tertiary alicyclic amines) is 1. The first-order valence-electron chi connectivity index (χ1n) is 7.39. The van der Waals surface area contributed by atoms with E-state index < -0.39 is 0 Å². The molecule has 0 spiro atoms. The Morgan fingerprint density at radius 2 is 2.00 bits per heavy atom. The second-order valence-corrected chi connectivity index (χ2v) is 5.44. The molecule has 0 N–H and O–H groups in total. The molecule has 0 aliphatic carbocycles. The van der Waals surface area contributed by atoms with Crippen LogP contribution >= 0.6 is 0 Å². The van der Waals surface area contributed by atoms with E-state index >= 15 is 0 Å². The highest BCUT2D eigenvalue weighted by atomic mass is 19.1. The molecular weight excluding hydrogens is 281 g/mol. The summed E-state index contributed by atoms with van der Waals surface area (Å²) in [5.41, 5.74) is 1.49. The molecule has 2 aromatic rings. The molecule has 0 unspecified atom stereocenters. The molecule has 1 heterocycles. The van der Waals surface area contributed by atoms with Crippen molar-refractivity contribution in [2.24, 2.45) is 0 Å². The van der Waals surface area contributed by atoms with Gasteiger partial charge in [0.2, 0.25) is 0 Å². The lowest BCUT2D eigenvalue weighted by atomic mass is 10.0. The van der Waals surface area contributed by atoms with Gasteiger partial charge < -0.3 is 9.64 Å². The van der Waals surface area contributed by atoms with Crippen molar-refractivity contribution in [1.29, 1.82) is 0 Å². The Labute approximate surface area is 129 Å². The van der Waals surface area contributed by atoms with E-state index in [9.17, 15) is 9.18 Å². The van der Waals surface area contributed by atoms with Crippen molar-refractivity contribution < 1.29 is 13.9 Å². The van der Waals surface area contributed by atoms with E-state index in [0.717, 1.165) is 24.2 Å². The molecule has 0 bridgehead atoms. The summed E-state index contributed by atoms with van der Waals surface area (Å²) in [6.07, 6.45) is 1.88. The van der Waals surface area contributed by atoms with Crippen LogP contribution in [0.2, 0.25) is 0 Å². The summed E-state index contributed by atoms with van der Waals surface area (Å²) in [6, 6.07) is 13.7. The van der Waals surface area contributed by atoms with Gasteiger partial charge in [0.15, 0.2) is 0 Å². The largest absolute Gasteiger partial charge is 0.497 e. The summed E-state index contributed by atoms with van der Waals surface area (Å²) >= 11 is 0. The Morgan fingerprint density at radius 3 is 2.68 bits per heavy atom. The first-order valence-corrected chi connectivity index (χ1v) is 7.39. The van der Waals surface area contributed by atoms with Gasteiger partial charge in [-0.1, -0.05) is 18.2 Å². The van der Waals surface area contributed by atoms with Crippen LogP contribution in [0.4, 0.5) is 4.39 Å². The SMILES string of the molecule is COc1ccc([C@H]2CCCN2C(=O)c2cccc(F)c2)cc1. The van der Waals surface area contributed by atoms with Crippen LogP contribution in [0.15, 0.2) is 48.5 Å². The van der Waals surface area contributed by atoms with Crippen LogP contribution in [-0.2, 0) is 0 Å². The highest BCUT2D eigenvalue weighted by molar-refractivity contribution is 5.94. The summed E-state index contributed by atoms with van der Waals surface area (Å²) in [5.74, 6) is 0.300. The highest BCUT2D eigenvalue weighted by Gasteiger charge is 2.30. The third-order valence-corrected chi connectivity index (χ3v) is 4.09. The minimum absolute atomic E-state index is 0.0432. The van der Waals surface area contributed by atoms with Gasteiger partial charge in [-0.05, 0) is 48.7 Å². The van der Waals surface area contributed by atoms with Gasteiger partial charge in [-0.2, -0.15) is 0 Å². The third kappa shape index (κ3) is 2.82. The molecule has 114 valence electrons. The molecule has 0 aromatic heterocycles. The van der Waals surface area contributed by atoms with E-state index in [1.54, 1.807) is 19.2 Å². The van der Waals surface area contributed by atoms with E-state index in [-0.39, 0.29) is 17.8 Å². The fourth-order valence-electron chi connectivity index (χ4n) is 2.97. The second kappa shape index (κ2) is 6.18. The Hall–Kier alpha value is -2.36. The van der Waals surface area contributed by atoms with Gasteiger partial charge in [-0.15, -0.1) is 0 Å². The summed E-state index contributed by atoms with van der Waals surface area (Å²) in [4.78, 5) is 14.5. The van der Waals surface area contributed by atoms with Gasteiger partial charge in [-0.25, -0.2) is 4.39 Å². The standard InChI is InChI=1S/C18H18FNO2/c1-22-16-9-7-13(8-10-16)17-6-3-11-20(17)18(21)14-4-2-5-15(19)12-14/h2,4-5,7-10,12,17H,3,6,11H2,1H3/t17-/m1/s1. The van der Waals surface area contributed by atoms with Crippen molar-refractivity contribution in [1.82, 2.24) is 4.90 Å². The molecule has 1 amide bonds. The fourth-order valence-corrected chi connectivity index (χ4v) is 2.97. The van der Waals surface area contributed by atoms with E-state index in [2.05, 4.69) is 0 Å². The lowest BCUT2D eigenvalue weighted by molar-refractivity contribution is 0.0735. The van der Waals surface area contributed by atoms with Crippen molar-refractivity contribution in [2.75, 3.05) is 13.7 Å². The number of hydrogen-bond donors (Lipinski definition) is 0. The predicted molar refractivity (Wildman–Crippen MR) is 82.4 cm³/mol. The number of hydrogen-bond acceptors (Lipinski definition) is 2. The molecule has 1 fully saturated rings. The zero-order valence-corrected chi connectivity index (χ0v) is 12.5. The van der Waals surface area contributed by atoms with Crippen LogP contribution in [0.3, 0.4) is 0 Å². The minimum Gasteiger partial charge on any atom is -0.497 e. The number of carbonyl (C=O) groups excluding carboxylic acids is 1. The van der Waals surface area contributed by atoms with Gasteiger partial charge in [-0.3, -0.25) is 4.79 Å². The maximum Gasteiger partial charge on any atom is 0.254 e. The number of ether oxygens (including phenoxy) is 1. The van der Waals surface area contributed by atoms with Gasteiger partial charge >= 0.3 is 0 Å². The molecule has 0 radical (unpaired) electrons. The second-order valence-electron chi connectivity index (χ2n) is 5.44. The van der Waals surface area contributed by atoms with Crippen LogP contribution in [0.25, 0.3) is 0 Å². The number of nitrogens with zero attached hydrogens (tertiary/aromatic N) is 1. The van der Waals surface area contributed by atoms with Crippen LogP contribution < -0.4 is 4.74 Å². The molecule has 1 aliphatic rings. The molecule has 1 aliphatic heterocycles. The molecule has 3 nitrogen and oxygen atoms in total. The zero-order chi connectivity index (χ0) is 15.5. The molecule has 1 atom stereocenters. The Balaban J connectivity index is 1.84. The number of rotatable bonds is 3. The summed E-state index contributed by atoms with van der Waals surface area (Å²) in [5, 5.41) is 0. The van der Waals surface area contributed by atoms with E-state index in [1.807, 2.05) is 29.2 Å². The van der Waals surface area contributed by atoms with Gasteiger partial charge in [0.25, 0.3) is 5.91 Å². The lowest BCUT2D eigenvalue weighted by Crippen LogP contribution is -2.30. The van der Waals surface area contributed by atoms with E-state index in [1.165, 1.54) is 12.1 Å². The Morgan fingerprint density at radius 1 is 1.23 bits per heavy atom. The monoisotopic (exact) mass is 299 g/mol. The first kappa shape index (κ1) is 14.6. The molecule has 22 heavy (non-hydrogen) atoms. The van der Waals surface area contributed by atoms with Gasteiger partial charge in [0, 0.05) is 12.1 Å². The minimum atomic E-state index is -0.383. The number of methoxy groups -OCH3 is 1. The number of halogens is 1. The topological polar surface area (TPSA) is 29.5 Å². The fraction of sp³-hybridized carbons (Fsp3) is 0.278. The summed E-state index contributed by atoms with van der Waals surface area (Å²) < 4.78 is 18.5. The van der Waals surface area contributed by atoms with Crippen LogP contribution in [0.5, 0.6) is 5.75 Å². The Kier molecular flexibility index (Phi) is 4.09. The van der Waals surface area contributed by atoms with Crippen molar-refractivity contribution in [3.63, 3.8) is 0 Å². The maximum absolute atomic E-state index is 13.3. The molecule has 1 saturated heterocycles. The average Bonchev–Trinajstić information content (AvgIpc) is 3.04. The van der Waals surface area contributed by atoms with Crippen LogP contribution in [0, 0.1) is 5.82 Å². The quantitative estimate of drug-likeness (QED) is 0.862. The van der Waals surface area contributed by atoms with E-state index in [4.69, 9.17) is 4.74 Å². The Bertz CT molecular complexity index is 669. The average molecular weight is 299 g/mol. The molecule has 0 saturated carbocycles. The number of carbonyl (C=O) groups is 1. The van der Waals surface area contributed by atoms with Crippen LogP contribution in [0.1, 0.15) is 34.8 Å². The number of benzene rings is 2. The first-order chi connectivity index (χ1) is 10.7. The van der Waals surface area contributed by atoms with Crippen molar-refractivity contribution in [2.45, 2.75) is 18.9 Å². The normalized spacial score (nSPS) is 17.5. The maximum atomic E-state index is 13.3. The van der Waals surface area contributed by atoms with E-state index in [0.29, 0.717) is 12.1 Å². The lowest BCUT2D eigenvalue weighted by Gasteiger charge is -2.25. The predicted octanol–water partition coefficient (Wildman–Crippen LogP) is 3.81. The van der Waals surface area contributed by atoms with Crippen LogP contribution in [-0.4, -0.2) is 24.5 Å². The summed E-state index contributed by atoms with van der Waals surface area (Å²) in [7, 11) is 1.63. The van der Waals surface area contributed by atoms with Crippen molar-refractivity contribution in [3.05, 3.63) is 65.5 Å². The molecule has 2 aromatic carbocycles. The van der Waals surface area contributed by atoms with Gasteiger partial charge in [0.05, 0.1) is 13.2 Å². The zero-order valence-electron chi connectivity index (χ0n) is 12.5. The smallest absolute Gasteiger partial charge is 0.254 e.